The van der Waals surface area contributed by atoms with E-state index in [1.807, 2.05) is 36.4 Å². The Balaban J connectivity index is 0.980. The minimum absolute atomic E-state index is 0.306. The van der Waals surface area contributed by atoms with Crippen molar-refractivity contribution in [3.63, 3.8) is 0 Å². The van der Waals surface area contributed by atoms with E-state index >= 15 is 0 Å². The highest BCUT2D eigenvalue weighted by molar-refractivity contribution is 5.78. The predicted molar refractivity (Wildman–Crippen MR) is 147 cm³/mol. The van der Waals surface area contributed by atoms with E-state index in [0.717, 1.165) is 56.4 Å². The summed E-state index contributed by atoms with van der Waals surface area (Å²) in [7, 11) is 0. The van der Waals surface area contributed by atoms with Crippen LogP contribution in [0.15, 0.2) is 89.6 Å². The van der Waals surface area contributed by atoms with Crippen LogP contribution < -0.4 is 14.4 Å². The van der Waals surface area contributed by atoms with Crippen molar-refractivity contribution in [1.82, 2.24) is 19.9 Å². The van der Waals surface area contributed by atoms with Gasteiger partial charge in [0.25, 0.3) is 0 Å². The number of anilines is 1. The topological polar surface area (TPSA) is 76.8 Å². The summed E-state index contributed by atoms with van der Waals surface area (Å²) in [4.78, 5) is 18.0. The molecule has 0 bridgehead atoms. The van der Waals surface area contributed by atoms with Gasteiger partial charge in [-0.2, -0.15) is 0 Å². The lowest BCUT2D eigenvalue weighted by Gasteiger charge is -2.34. The SMILES string of the molecule is Fc1ccc(Oc2ccc3oc(-c4ccc(OCCCN5CCN(c6ncccn6)CC5)cc4)nc3c2)cc1. The molecule has 2 aromatic heterocycles. The van der Waals surface area contributed by atoms with Crippen LogP contribution >= 0.6 is 0 Å². The fourth-order valence-corrected chi connectivity index (χ4v) is 4.53. The van der Waals surface area contributed by atoms with E-state index in [9.17, 15) is 4.39 Å². The number of rotatable bonds is 9. The van der Waals surface area contributed by atoms with Crippen molar-refractivity contribution in [3.05, 3.63) is 91.0 Å². The van der Waals surface area contributed by atoms with Crippen LogP contribution in [-0.2, 0) is 0 Å². The molecule has 8 nitrogen and oxygen atoms in total. The Morgan fingerprint density at radius 1 is 0.821 bits per heavy atom. The fourth-order valence-electron chi connectivity index (χ4n) is 4.53. The number of piperazine rings is 1. The first kappa shape index (κ1) is 24.8. The summed E-state index contributed by atoms with van der Waals surface area (Å²) in [6, 6.07) is 20.9. The van der Waals surface area contributed by atoms with Gasteiger partial charge in [-0.25, -0.2) is 19.3 Å². The van der Waals surface area contributed by atoms with Crippen LogP contribution in [-0.4, -0.2) is 59.2 Å². The molecule has 0 saturated carbocycles. The second kappa shape index (κ2) is 11.5. The molecule has 5 aromatic rings. The standard InChI is InChI=1S/C30H28FN5O3/c31-23-5-9-25(10-6-23)38-26-11-12-28-27(21-26)34-29(39-28)22-3-7-24(8-4-22)37-20-2-15-35-16-18-36(19-17-35)30-32-13-1-14-33-30/h1,3-14,21H,2,15-20H2. The number of nitrogens with zero attached hydrogens (tertiary/aromatic N) is 5. The summed E-state index contributed by atoms with van der Waals surface area (Å²) >= 11 is 0. The van der Waals surface area contributed by atoms with Gasteiger partial charge < -0.3 is 18.8 Å². The van der Waals surface area contributed by atoms with E-state index in [-0.39, 0.29) is 5.82 Å². The third-order valence-electron chi connectivity index (χ3n) is 6.60. The molecule has 3 aromatic carbocycles. The first-order chi connectivity index (χ1) is 19.2. The Bertz CT molecular complexity index is 1500. The summed E-state index contributed by atoms with van der Waals surface area (Å²) < 4.78 is 30.9. The second-order valence-electron chi connectivity index (χ2n) is 9.31. The molecule has 3 heterocycles. The van der Waals surface area contributed by atoms with Gasteiger partial charge in [0.2, 0.25) is 11.8 Å². The van der Waals surface area contributed by atoms with E-state index in [4.69, 9.17) is 13.9 Å². The molecular formula is C30H28FN5O3. The highest BCUT2D eigenvalue weighted by atomic mass is 19.1. The highest BCUT2D eigenvalue weighted by Crippen LogP contribution is 2.30. The molecule has 6 rings (SSSR count). The van der Waals surface area contributed by atoms with Gasteiger partial charge >= 0.3 is 0 Å². The van der Waals surface area contributed by atoms with Gasteiger partial charge in [0.15, 0.2) is 5.58 Å². The fraction of sp³-hybridized carbons (Fsp3) is 0.233. The summed E-state index contributed by atoms with van der Waals surface area (Å²) in [5.41, 5.74) is 2.20. The quantitative estimate of drug-likeness (QED) is 0.223. The minimum Gasteiger partial charge on any atom is -0.494 e. The van der Waals surface area contributed by atoms with Crippen LogP contribution in [0.3, 0.4) is 0 Å². The number of hydrogen-bond acceptors (Lipinski definition) is 8. The molecule has 0 aliphatic carbocycles. The van der Waals surface area contributed by atoms with E-state index in [1.54, 1.807) is 36.7 Å². The van der Waals surface area contributed by atoms with Gasteiger partial charge in [0.05, 0.1) is 6.61 Å². The molecular weight excluding hydrogens is 497 g/mol. The van der Waals surface area contributed by atoms with Crippen molar-refractivity contribution in [3.8, 4) is 28.7 Å². The smallest absolute Gasteiger partial charge is 0.227 e. The van der Waals surface area contributed by atoms with Crippen molar-refractivity contribution in [2.24, 2.45) is 0 Å². The number of hydrogen-bond donors (Lipinski definition) is 0. The summed E-state index contributed by atoms with van der Waals surface area (Å²) in [5, 5.41) is 0. The Hall–Kier alpha value is -4.50. The molecule has 0 amide bonds. The molecule has 9 heteroatoms. The molecule has 0 spiro atoms. The van der Waals surface area contributed by atoms with Gasteiger partial charge in [0.1, 0.15) is 28.6 Å². The van der Waals surface area contributed by atoms with Gasteiger partial charge in [-0.05, 0) is 73.2 Å². The molecule has 198 valence electrons. The largest absolute Gasteiger partial charge is 0.494 e. The van der Waals surface area contributed by atoms with Crippen LogP contribution in [0.1, 0.15) is 6.42 Å². The number of ether oxygens (including phenoxy) is 2. The molecule has 1 aliphatic heterocycles. The predicted octanol–water partition coefficient (Wildman–Crippen LogP) is 5.81. The van der Waals surface area contributed by atoms with Crippen molar-refractivity contribution >= 4 is 17.0 Å². The summed E-state index contributed by atoms with van der Waals surface area (Å²) in [5.74, 6) is 2.99. The Labute approximate surface area is 225 Å². The minimum atomic E-state index is -0.306. The second-order valence-corrected chi connectivity index (χ2v) is 9.31. The molecule has 1 aliphatic rings. The Kier molecular flexibility index (Phi) is 7.31. The van der Waals surface area contributed by atoms with Gasteiger partial charge in [-0.1, -0.05) is 0 Å². The summed E-state index contributed by atoms with van der Waals surface area (Å²) in [6.45, 7) is 5.52. The first-order valence-corrected chi connectivity index (χ1v) is 13.0. The maximum atomic E-state index is 13.1. The van der Waals surface area contributed by atoms with Gasteiger partial charge in [-0.15, -0.1) is 0 Å². The van der Waals surface area contributed by atoms with Gasteiger partial charge in [0, 0.05) is 56.7 Å². The Morgan fingerprint density at radius 3 is 2.31 bits per heavy atom. The third kappa shape index (κ3) is 6.15. The van der Waals surface area contributed by atoms with Gasteiger partial charge in [-0.3, -0.25) is 4.90 Å². The lowest BCUT2D eigenvalue weighted by atomic mass is 10.2. The zero-order chi connectivity index (χ0) is 26.4. The number of benzene rings is 3. The Morgan fingerprint density at radius 2 is 1.54 bits per heavy atom. The van der Waals surface area contributed by atoms with E-state index in [2.05, 4.69) is 24.8 Å². The first-order valence-electron chi connectivity index (χ1n) is 13.0. The van der Waals surface area contributed by atoms with Crippen LogP contribution in [0.5, 0.6) is 17.2 Å². The number of aromatic nitrogens is 3. The van der Waals surface area contributed by atoms with Crippen molar-refractivity contribution in [2.75, 3.05) is 44.2 Å². The number of fused-ring (bicyclic) bond motifs is 1. The normalized spacial score (nSPS) is 14.0. The van der Waals surface area contributed by atoms with E-state index < -0.39 is 0 Å². The molecule has 1 saturated heterocycles. The number of oxazole rings is 1. The van der Waals surface area contributed by atoms with Crippen molar-refractivity contribution in [1.29, 1.82) is 0 Å². The highest BCUT2D eigenvalue weighted by Gasteiger charge is 2.18. The van der Waals surface area contributed by atoms with E-state index in [0.29, 0.717) is 35.1 Å². The molecule has 1 fully saturated rings. The van der Waals surface area contributed by atoms with Crippen molar-refractivity contribution < 1.29 is 18.3 Å². The molecule has 0 N–H and O–H groups in total. The molecule has 0 radical (unpaired) electrons. The lowest BCUT2D eigenvalue weighted by Crippen LogP contribution is -2.47. The monoisotopic (exact) mass is 525 g/mol. The zero-order valence-electron chi connectivity index (χ0n) is 21.4. The molecule has 0 atom stereocenters. The van der Waals surface area contributed by atoms with Crippen LogP contribution in [0, 0.1) is 5.82 Å². The van der Waals surface area contributed by atoms with Crippen LogP contribution in [0.2, 0.25) is 0 Å². The van der Waals surface area contributed by atoms with E-state index in [1.165, 1.54) is 12.1 Å². The average molecular weight is 526 g/mol. The van der Waals surface area contributed by atoms with Crippen LogP contribution in [0.25, 0.3) is 22.6 Å². The third-order valence-corrected chi connectivity index (χ3v) is 6.60. The zero-order valence-corrected chi connectivity index (χ0v) is 21.4. The summed E-state index contributed by atoms with van der Waals surface area (Å²) in [6.07, 6.45) is 4.53. The lowest BCUT2D eigenvalue weighted by molar-refractivity contribution is 0.224. The van der Waals surface area contributed by atoms with Crippen LogP contribution in [0.4, 0.5) is 10.3 Å². The maximum absolute atomic E-state index is 13.1. The maximum Gasteiger partial charge on any atom is 0.227 e. The van der Waals surface area contributed by atoms with Crippen molar-refractivity contribution in [2.45, 2.75) is 6.42 Å². The molecule has 39 heavy (non-hydrogen) atoms. The molecule has 0 unspecified atom stereocenters. The number of halogens is 1. The average Bonchev–Trinajstić information content (AvgIpc) is 3.41.